The van der Waals surface area contributed by atoms with Gasteiger partial charge in [0.05, 0.1) is 27.3 Å². The Morgan fingerprint density at radius 2 is 1.55 bits per heavy atom. The fourth-order valence-corrected chi connectivity index (χ4v) is 5.08. The molecule has 0 spiro atoms. The minimum Gasteiger partial charge on any atom is -0.497 e. The average Bonchev–Trinajstić information content (AvgIpc) is 2.90. The number of nitrogens with one attached hydrogen (secondary N) is 1. The van der Waals surface area contributed by atoms with Gasteiger partial charge in [0.2, 0.25) is 11.8 Å². The number of hydrogen-bond acceptors (Lipinski definition) is 6. The molecule has 0 saturated carbocycles. The molecule has 2 aromatic rings. The summed E-state index contributed by atoms with van der Waals surface area (Å²) in [6.07, 6.45) is -0.0950. The smallest absolute Gasteiger partial charge is 0.334 e. The first kappa shape index (κ1) is 27.3. The van der Waals surface area contributed by atoms with Crippen molar-refractivity contribution in [3.63, 3.8) is 0 Å². The van der Waals surface area contributed by atoms with Gasteiger partial charge in [-0.3, -0.25) is 9.59 Å². The van der Waals surface area contributed by atoms with Crippen molar-refractivity contribution in [3.8, 4) is 11.5 Å². The molecule has 2 saturated heterocycles. The summed E-state index contributed by atoms with van der Waals surface area (Å²) in [7, 11) is 4.94. The van der Waals surface area contributed by atoms with E-state index in [0.717, 1.165) is 22.6 Å². The molecule has 10 nitrogen and oxygen atoms in total. The number of nitrogens with zero attached hydrogens (tertiary/aromatic N) is 4. The van der Waals surface area contributed by atoms with Gasteiger partial charge in [0, 0.05) is 20.1 Å². The van der Waals surface area contributed by atoms with Crippen molar-refractivity contribution in [3.05, 3.63) is 59.7 Å². The number of methoxy groups -OCH3 is 2. The predicted molar refractivity (Wildman–Crippen MR) is 142 cm³/mol. The standard InChI is InChI=1S/C28H37N5O5/c1-19(2)14-24-27(35)31(16-21-8-12-23(38-5)13-9-21)17-25-32(24)26(34)18-30(3)33(25)28(36)29-15-20-6-10-22(37-4)11-7-20/h6-13,19,24-25H,14-18H2,1-5H3,(H,29,36). The Morgan fingerprint density at radius 3 is 2.11 bits per heavy atom. The van der Waals surface area contributed by atoms with E-state index in [1.807, 2.05) is 62.4 Å². The van der Waals surface area contributed by atoms with Crippen molar-refractivity contribution in [2.45, 2.75) is 45.6 Å². The summed E-state index contributed by atoms with van der Waals surface area (Å²) in [4.78, 5) is 43.8. The van der Waals surface area contributed by atoms with E-state index in [2.05, 4.69) is 5.32 Å². The van der Waals surface area contributed by atoms with Crippen LogP contribution in [-0.4, -0.2) is 84.2 Å². The molecule has 2 unspecified atom stereocenters. The van der Waals surface area contributed by atoms with Gasteiger partial charge in [0.1, 0.15) is 23.7 Å². The quantitative estimate of drug-likeness (QED) is 0.572. The number of hydrazine groups is 1. The average molecular weight is 524 g/mol. The molecule has 38 heavy (non-hydrogen) atoms. The molecule has 0 bridgehead atoms. The summed E-state index contributed by atoms with van der Waals surface area (Å²) in [5.41, 5.74) is 1.87. The van der Waals surface area contributed by atoms with Crippen molar-refractivity contribution in [2.75, 3.05) is 34.4 Å². The highest BCUT2D eigenvalue weighted by Gasteiger charge is 2.50. The van der Waals surface area contributed by atoms with Gasteiger partial charge in [-0.1, -0.05) is 38.1 Å². The molecule has 2 aliphatic heterocycles. The maximum Gasteiger partial charge on any atom is 0.334 e. The van der Waals surface area contributed by atoms with Gasteiger partial charge in [-0.25, -0.2) is 14.8 Å². The van der Waals surface area contributed by atoms with Crippen LogP contribution in [0.3, 0.4) is 0 Å². The molecule has 2 aliphatic rings. The summed E-state index contributed by atoms with van der Waals surface area (Å²) in [6.45, 7) is 4.99. The van der Waals surface area contributed by atoms with E-state index in [9.17, 15) is 14.4 Å². The third kappa shape index (κ3) is 5.85. The van der Waals surface area contributed by atoms with Crippen LogP contribution in [0.1, 0.15) is 31.4 Å². The van der Waals surface area contributed by atoms with E-state index in [0.29, 0.717) is 19.5 Å². The number of likely N-dealkylation sites (N-methyl/N-ethyl adjacent to an activating group) is 1. The normalized spacial score (nSPS) is 20.0. The summed E-state index contributed by atoms with van der Waals surface area (Å²) in [5, 5.41) is 6.19. The minimum absolute atomic E-state index is 0.0206. The van der Waals surface area contributed by atoms with E-state index in [4.69, 9.17) is 9.47 Å². The number of piperazine rings is 1. The number of amides is 4. The number of fused-ring (bicyclic) bond motifs is 1. The molecule has 2 aromatic carbocycles. The van der Waals surface area contributed by atoms with Gasteiger partial charge in [-0.05, 0) is 47.7 Å². The molecule has 2 fully saturated rings. The van der Waals surface area contributed by atoms with Crippen molar-refractivity contribution in [1.29, 1.82) is 0 Å². The van der Waals surface area contributed by atoms with Crippen LogP contribution in [0, 0.1) is 5.92 Å². The molecular formula is C28H37N5O5. The fraction of sp³-hybridized carbons (Fsp3) is 0.464. The Kier molecular flexibility index (Phi) is 8.41. The first-order chi connectivity index (χ1) is 18.2. The number of urea groups is 1. The van der Waals surface area contributed by atoms with Crippen LogP contribution in [0.25, 0.3) is 0 Å². The monoisotopic (exact) mass is 523 g/mol. The molecular weight excluding hydrogens is 486 g/mol. The predicted octanol–water partition coefficient (Wildman–Crippen LogP) is 2.69. The van der Waals surface area contributed by atoms with Gasteiger partial charge >= 0.3 is 6.03 Å². The largest absolute Gasteiger partial charge is 0.497 e. The third-order valence-electron chi connectivity index (χ3n) is 6.98. The topological polar surface area (TPSA) is 94.7 Å². The van der Waals surface area contributed by atoms with E-state index in [1.165, 1.54) is 0 Å². The van der Waals surface area contributed by atoms with Gasteiger partial charge in [-0.15, -0.1) is 0 Å². The number of benzene rings is 2. The van der Waals surface area contributed by atoms with Crippen LogP contribution in [0.15, 0.2) is 48.5 Å². The lowest BCUT2D eigenvalue weighted by molar-refractivity contribution is -0.188. The molecule has 4 rings (SSSR count). The number of ether oxygens (including phenoxy) is 2. The van der Waals surface area contributed by atoms with E-state index in [-0.39, 0.29) is 36.9 Å². The highest BCUT2D eigenvalue weighted by atomic mass is 16.5. The van der Waals surface area contributed by atoms with E-state index >= 15 is 0 Å². The molecule has 2 atom stereocenters. The van der Waals surface area contributed by atoms with E-state index in [1.54, 1.807) is 41.1 Å². The molecule has 0 radical (unpaired) electrons. The first-order valence-electron chi connectivity index (χ1n) is 12.9. The molecule has 0 aliphatic carbocycles. The first-order valence-corrected chi connectivity index (χ1v) is 12.9. The van der Waals surface area contributed by atoms with Gasteiger partial charge < -0.3 is 24.6 Å². The Labute approximate surface area is 224 Å². The van der Waals surface area contributed by atoms with Gasteiger partial charge in [0.25, 0.3) is 0 Å². The molecule has 10 heteroatoms. The summed E-state index contributed by atoms with van der Waals surface area (Å²) in [6, 6.07) is 14.1. The number of rotatable bonds is 8. The lowest BCUT2D eigenvalue weighted by Crippen LogP contribution is -2.75. The zero-order valence-electron chi connectivity index (χ0n) is 22.7. The fourth-order valence-electron chi connectivity index (χ4n) is 5.08. The second-order valence-corrected chi connectivity index (χ2v) is 10.2. The highest BCUT2D eigenvalue weighted by molar-refractivity contribution is 5.91. The highest BCUT2D eigenvalue weighted by Crippen LogP contribution is 2.30. The van der Waals surface area contributed by atoms with Crippen LogP contribution < -0.4 is 14.8 Å². The van der Waals surface area contributed by atoms with Crippen molar-refractivity contribution in [1.82, 2.24) is 25.1 Å². The maximum atomic E-state index is 13.7. The molecule has 1 N–H and O–H groups in total. The molecule has 2 heterocycles. The summed E-state index contributed by atoms with van der Waals surface area (Å²) in [5.74, 6) is 1.42. The number of carbonyl (C=O) groups excluding carboxylic acids is 3. The van der Waals surface area contributed by atoms with Crippen molar-refractivity contribution >= 4 is 17.8 Å². The Balaban J connectivity index is 1.58. The number of hydrogen-bond donors (Lipinski definition) is 1. The SMILES string of the molecule is COc1ccc(CNC(=O)N2C3CN(Cc4ccc(OC)cc4)C(=O)C(CC(C)C)N3C(=O)CN2C)cc1. The second kappa shape index (κ2) is 11.7. The summed E-state index contributed by atoms with van der Waals surface area (Å²) >= 11 is 0. The molecule has 0 aromatic heterocycles. The van der Waals surface area contributed by atoms with Gasteiger partial charge in [-0.2, -0.15) is 0 Å². The number of carbonyl (C=O) groups is 3. The van der Waals surface area contributed by atoms with Crippen molar-refractivity contribution in [2.24, 2.45) is 5.92 Å². The van der Waals surface area contributed by atoms with Crippen molar-refractivity contribution < 1.29 is 23.9 Å². The summed E-state index contributed by atoms with van der Waals surface area (Å²) < 4.78 is 10.5. The lowest BCUT2D eigenvalue weighted by atomic mass is 9.96. The third-order valence-corrected chi connectivity index (χ3v) is 6.98. The Hall–Kier alpha value is -3.79. The zero-order chi connectivity index (χ0) is 27.4. The Morgan fingerprint density at radius 1 is 0.974 bits per heavy atom. The van der Waals surface area contributed by atoms with Crippen LogP contribution in [0.5, 0.6) is 11.5 Å². The molecule has 4 amide bonds. The van der Waals surface area contributed by atoms with Crippen LogP contribution in [0.2, 0.25) is 0 Å². The van der Waals surface area contributed by atoms with Crippen LogP contribution in [0.4, 0.5) is 4.79 Å². The Bertz CT molecular complexity index is 1140. The second-order valence-electron chi connectivity index (χ2n) is 10.2. The molecule has 204 valence electrons. The van der Waals surface area contributed by atoms with Crippen LogP contribution >= 0.6 is 0 Å². The van der Waals surface area contributed by atoms with Gasteiger partial charge in [0.15, 0.2) is 0 Å². The lowest BCUT2D eigenvalue weighted by Gasteiger charge is -2.54. The minimum atomic E-state index is -0.634. The zero-order valence-corrected chi connectivity index (χ0v) is 22.7. The van der Waals surface area contributed by atoms with Crippen LogP contribution in [-0.2, 0) is 22.7 Å². The van der Waals surface area contributed by atoms with E-state index < -0.39 is 12.2 Å². The maximum absolute atomic E-state index is 13.7.